The van der Waals surface area contributed by atoms with Gasteiger partial charge < -0.3 is 47.5 Å². The van der Waals surface area contributed by atoms with Gasteiger partial charge in [0.05, 0.1) is 0 Å². The van der Waals surface area contributed by atoms with Crippen molar-refractivity contribution in [2.75, 3.05) is 0 Å². The van der Waals surface area contributed by atoms with Gasteiger partial charge in [-0.3, -0.25) is 0 Å². The van der Waals surface area contributed by atoms with Crippen LogP contribution in [0.2, 0.25) is 0 Å². The quantitative estimate of drug-likeness (QED) is 0.223. The molecule has 0 aliphatic heterocycles. The molecule has 142 valence electrons. The smallest absolute Gasteiger partial charge is 0.282 e. The van der Waals surface area contributed by atoms with Crippen LogP contribution in [0.1, 0.15) is 19.8 Å². The Morgan fingerprint density at radius 3 is 0.773 bits per heavy atom. The third-order valence-corrected chi connectivity index (χ3v) is 0.547. The Morgan fingerprint density at radius 1 is 0.636 bits per heavy atom. The van der Waals surface area contributed by atoms with Crippen LogP contribution in [-0.2, 0) is 0 Å². The average molecular weight is 428 g/mol. The molecule has 0 heterocycles. The molecule has 0 radical (unpaired) electrons. The second kappa shape index (κ2) is 29.6. The maximum Gasteiger partial charge on any atom is 0.282 e. The normalized spacial score (nSPS) is 9.27. The van der Waals surface area contributed by atoms with Gasteiger partial charge >= 0.3 is 0 Å². The standard InChI is InChI=1S/C4H10O2.4ClHO3/c1-2-3-4(5)6;4*2-1(3)4/h4-6H,2-3H2,1H3;4*2H. The van der Waals surface area contributed by atoms with Crippen molar-refractivity contribution in [2.24, 2.45) is 0 Å². The van der Waals surface area contributed by atoms with Crippen molar-refractivity contribution < 1.29 is 109 Å². The van der Waals surface area contributed by atoms with Crippen LogP contribution >= 0.6 is 0 Å². The molecule has 14 nitrogen and oxygen atoms in total. The van der Waals surface area contributed by atoms with E-state index in [9.17, 15) is 0 Å². The molecule has 0 aromatic heterocycles. The van der Waals surface area contributed by atoms with Crippen LogP contribution in [0.5, 0.6) is 0 Å². The van der Waals surface area contributed by atoms with E-state index in [2.05, 4.69) is 0 Å². The highest BCUT2D eigenvalue weighted by atomic mass is 35.6. The molecule has 0 bridgehead atoms. The van der Waals surface area contributed by atoms with Gasteiger partial charge in [-0.15, -0.1) is 0 Å². The van der Waals surface area contributed by atoms with Gasteiger partial charge in [-0.1, -0.05) is 13.3 Å². The van der Waals surface area contributed by atoms with Gasteiger partial charge in [-0.05, 0) is 6.42 Å². The van der Waals surface area contributed by atoms with Crippen molar-refractivity contribution in [3.8, 4) is 0 Å². The molecule has 6 N–H and O–H groups in total. The zero-order valence-electron chi connectivity index (χ0n) is 10.5. The Balaban J connectivity index is -0.0000000555. The summed E-state index contributed by atoms with van der Waals surface area (Å²) in [4.78, 5) is 0. The molecule has 0 amide bonds. The largest absolute Gasteiger partial charge is 0.368 e. The molecular weight excluding hydrogens is 414 g/mol. The first kappa shape index (κ1) is 34.0. The van der Waals surface area contributed by atoms with E-state index in [1.165, 1.54) is 0 Å². The number of aliphatic hydroxyl groups is 2. The van der Waals surface area contributed by atoms with Crippen LogP contribution in [0, 0.1) is 43.1 Å². The number of hydrogen-bond donors (Lipinski definition) is 6. The summed E-state index contributed by atoms with van der Waals surface area (Å²) in [6, 6.07) is 0. The molecule has 0 unspecified atom stereocenters. The van der Waals surface area contributed by atoms with Crippen LogP contribution in [0.15, 0.2) is 0 Å². The summed E-state index contributed by atoms with van der Waals surface area (Å²) in [5.74, 6) is 0. The molecule has 0 aromatic carbocycles. The SMILES string of the molecule is CCCC(O)O.[O-][Cl+2]([O-])O.[O-][Cl+2]([O-])O.[O-][Cl+2]([O-])O.[O-][Cl+2]([O-])O. The second-order valence-electron chi connectivity index (χ2n) is 2.07. The van der Waals surface area contributed by atoms with Crippen LogP contribution in [-0.4, -0.2) is 35.1 Å². The van der Waals surface area contributed by atoms with E-state index >= 15 is 0 Å². The van der Waals surface area contributed by atoms with E-state index in [1.54, 1.807) is 0 Å². The van der Waals surface area contributed by atoms with E-state index in [0.29, 0.717) is 6.42 Å². The lowest BCUT2D eigenvalue weighted by Crippen LogP contribution is -2.30. The molecule has 0 fully saturated rings. The molecule has 0 aliphatic carbocycles. The predicted molar refractivity (Wildman–Crippen MR) is 32.0 cm³/mol. The summed E-state index contributed by atoms with van der Waals surface area (Å²) in [7, 11) is -10.4. The highest BCUT2D eigenvalue weighted by Gasteiger charge is 1.89. The summed E-state index contributed by atoms with van der Waals surface area (Å²) in [5, 5.41) is 16.2. The van der Waals surface area contributed by atoms with Gasteiger partial charge in [0.25, 0.3) is 43.1 Å². The fourth-order valence-electron chi connectivity index (χ4n) is 0.258. The molecule has 18 heteroatoms. The third kappa shape index (κ3) is 611. The average Bonchev–Trinajstić information content (AvgIpc) is 2.12. The van der Waals surface area contributed by atoms with Gasteiger partial charge in [0.15, 0.2) is 6.29 Å². The van der Waals surface area contributed by atoms with Gasteiger partial charge in [0, 0.05) is 18.6 Å². The Labute approximate surface area is 136 Å². The maximum atomic E-state index is 8.52. The van der Waals surface area contributed by atoms with Crippen LogP contribution in [0.3, 0.4) is 0 Å². The van der Waals surface area contributed by atoms with Crippen molar-refractivity contribution in [1.82, 2.24) is 0 Å². The fraction of sp³-hybridized carbons (Fsp3) is 1.00. The van der Waals surface area contributed by atoms with E-state index in [-0.39, 0.29) is 0 Å². The van der Waals surface area contributed by atoms with E-state index < -0.39 is 49.4 Å². The molecular formula is C4H14Cl4O14. The molecule has 0 atom stereocenters. The van der Waals surface area contributed by atoms with E-state index in [4.69, 9.17) is 66.1 Å². The number of rotatable bonds is 2. The highest BCUT2D eigenvalue weighted by molar-refractivity contribution is 4.31. The minimum atomic E-state index is -2.60. The summed E-state index contributed by atoms with van der Waals surface area (Å²) in [6.45, 7) is 1.90. The Bertz CT molecular complexity index is 123. The first-order valence-corrected chi connectivity index (χ1v) is 7.86. The van der Waals surface area contributed by atoms with Crippen LogP contribution in [0.25, 0.3) is 0 Å². The van der Waals surface area contributed by atoms with Gasteiger partial charge in [-0.25, -0.2) is 0 Å². The van der Waals surface area contributed by atoms with Crippen molar-refractivity contribution >= 4 is 0 Å². The number of halogens is 4. The third-order valence-electron chi connectivity index (χ3n) is 0.547. The minimum absolute atomic E-state index is 0.486. The first-order chi connectivity index (χ1) is 9.70. The first-order valence-electron chi connectivity index (χ1n) is 4.04. The summed E-state index contributed by atoms with van der Waals surface area (Å²) in [6.07, 6.45) is 0.215. The molecule has 22 heavy (non-hydrogen) atoms. The highest BCUT2D eigenvalue weighted by Crippen LogP contribution is 1.88. The molecule has 0 aliphatic rings. The fourth-order valence-corrected chi connectivity index (χ4v) is 0.258. The van der Waals surface area contributed by atoms with Crippen LogP contribution in [0.4, 0.5) is 0 Å². The van der Waals surface area contributed by atoms with Crippen molar-refractivity contribution in [1.29, 1.82) is 0 Å². The van der Waals surface area contributed by atoms with Gasteiger partial charge in [-0.2, -0.15) is 0 Å². The maximum absolute atomic E-state index is 8.52. The minimum Gasteiger partial charge on any atom is -0.368 e. The second-order valence-corrected chi connectivity index (χ2v) is 3.68. The lowest BCUT2D eigenvalue weighted by Gasteiger charge is -1.94. The zero-order valence-corrected chi connectivity index (χ0v) is 13.5. The Kier molecular flexibility index (Phi) is 45.8. The zero-order chi connectivity index (χ0) is 19.3. The predicted octanol–water partition coefficient (Wildman–Crippen LogP) is -11.6. The number of aliphatic hydroxyl groups excluding tert-OH is 1. The molecule has 0 spiro atoms. The van der Waals surface area contributed by atoms with Crippen molar-refractivity contribution in [3.63, 3.8) is 0 Å². The van der Waals surface area contributed by atoms with E-state index in [1.807, 2.05) is 6.92 Å². The molecule has 0 aromatic rings. The summed E-state index contributed by atoms with van der Waals surface area (Å²) in [5.41, 5.74) is 0. The van der Waals surface area contributed by atoms with Crippen molar-refractivity contribution in [2.45, 2.75) is 26.1 Å². The topological polar surface area (TPSA) is 306 Å². The molecule has 0 saturated heterocycles. The van der Waals surface area contributed by atoms with Crippen LogP contribution < -0.4 is 37.3 Å². The van der Waals surface area contributed by atoms with Crippen molar-refractivity contribution in [3.05, 3.63) is 0 Å². The summed E-state index contributed by atoms with van der Waals surface area (Å²) >= 11 is 0. The molecule has 0 rings (SSSR count). The Morgan fingerprint density at radius 2 is 0.773 bits per heavy atom. The number of hydrogen-bond acceptors (Lipinski definition) is 14. The monoisotopic (exact) mass is 426 g/mol. The Hall–Kier alpha value is 0.600. The van der Waals surface area contributed by atoms with E-state index in [0.717, 1.165) is 6.42 Å². The molecule has 0 saturated carbocycles. The lowest BCUT2D eigenvalue weighted by atomic mass is 10.3. The van der Waals surface area contributed by atoms with Gasteiger partial charge in [0.1, 0.15) is 0 Å². The van der Waals surface area contributed by atoms with Gasteiger partial charge in [0.2, 0.25) is 0 Å². The lowest BCUT2D eigenvalue weighted by molar-refractivity contribution is -1.63. The summed E-state index contributed by atoms with van der Waals surface area (Å²) < 4.78 is 95.9.